The van der Waals surface area contributed by atoms with Crippen LogP contribution in [0.3, 0.4) is 0 Å². The average Bonchev–Trinajstić information content (AvgIpc) is 2.74. The molecule has 1 aromatic heterocycles. The third kappa shape index (κ3) is 2.08. The van der Waals surface area contributed by atoms with Crippen molar-refractivity contribution in [1.29, 1.82) is 0 Å². The first-order valence-corrected chi connectivity index (χ1v) is 6.52. The summed E-state index contributed by atoms with van der Waals surface area (Å²) in [5.74, 6) is 0.852. The van der Waals surface area contributed by atoms with E-state index in [1.165, 1.54) is 24.8 Å². The van der Waals surface area contributed by atoms with E-state index >= 15 is 0 Å². The number of benzene rings is 1. The van der Waals surface area contributed by atoms with Gasteiger partial charge in [-0.2, -0.15) is 0 Å². The Morgan fingerprint density at radius 2 is 1.83 bits per heavy atom. The predicted molar refractivity (Wildman–Crippen MR) is 70.2 cm³/mol. The zero-order chi connectivity index (χ0) is 12.5. The number of rotatable bonds is 3. The standard InChI is InChI=1S/C15H13ClO2/c16-14-9-8-13(18-14)15(17)12-6-4-11(5-7-12)10-2-1-3-10/h4-10H,1-3H2. The molecule has 2 nitrogen and oxygen atoms in total. The van der Waals surface area contributed by atoms with Gasteiger partial charge in [-0.25, -0.2) is 0 Å². The van der Waals surface area contributed by atoms with Gasteiger partial charge >= 0.3 is 0 Å². The summed E-state index contributed by atoms with van der Waals surface area (Å²) in [5, 5.41) is 0.240. The van der Waals surface area contributed by atoms with E-state index in [-0.39, 0.29) is 16.8 Å². The number of carbonyl (C=O) groups is 1. The summed E-state index contributed by atoms with van der Waals surface area (Å²) >= 11 is 5.67. The molecule has 0 bridgehead atoms. The maximum Gasteiger partial charge on any atom is 0.228 e. The SMILES string of the molecule is O=C(c1ccc(C2CCC2)cc1)c1ccc(Cl)o1. The Kier molecular flexibility index (Phi) is 2.96. The molecule has 1 aromatic carbocycles. The van der Waals surface area contributed by atoms with Gasteiger partial charge in [-0.15, -0.1) is 0 Å². The van der Waals surface area contributed by atoms with Crippen LogP contribution >= 0.6 is 11.6 Å². The molecule has 0 saturated heterocycles. The van der Waals surface area contributed by atoms with Crippen LogP contribution in [0.15, 0.2) is 40.8 Å². The molecule has 1 saturated carbocycles. The van der Waals surface area contributed by atoms with E-state index < -0.39 is 0 Å². The molecule has 1 aliphatic rings. The van der Waals surface area contributed by atoms with Crippen LogP contribution in [0.2, 0.25) is 5.22 Å². The summed E-state index contributed by atoms with van der Waals surface area (Å²) in [6, 6.07) is 11.0. The van der Waals surface area contributed by atoms with Crippen molar-refractivity contribution in [3.63, 3.8) is 0 Å². The number of ketones is 1. The minimum atomic E-state index is -0.123. The van der Waals surface area contributed by atoms with Crippen molar-refractivity contribution >= 4 is 17.4 Å². The van der Waals surface area contributed by atoms with E-state index in [1.54, 1.807) is 12.1 Å². The Labute approximate surface area is 111 Å². The first kappa shape index (κ1) is 11.5. The smallest absolute Gasteiger partial charge is 0.228 e. The van der Waals surface area contributed by atoms with Gasteiger partial charge in [-0.05, 0) is 48.1 Å². The summed E-state index contributed by atoms with van der Waals surface area (Å²) in [4.78, 5) is 12.1. The van der Waals surface area contributed by atoms with Gasteiger partial charge in [0.05, 0.1) is 0 Å². The van der Waals surface area contributed by atoms with Crippen LogP contribution in [0, 0.1) is 0 Å². The van der Waals surface area contributed by atoms with E-state index in [2.05, 4.69) is 0 Å². The van der Waals surface area contributed by atoms with E-state index in [0.717, 1.165) is 0 Å². The van der Waals surface area contributed by atoms with E-state index in [4.69, 9.17) is 16.0 Å². The number of halogens is 1. The molecule has 0 N–H and O–H groups in total. The lowest BCUT2D eigenvalue weighted by Crippen LogP contribution is -2.09. The topological polar surface area (TPSA) is 30.2 Å². The summed E-state index contributed by atoms with van der Waals surface area (Å²) in [6.45, 7) is 0. The van der Waals surface area contributed by atoms with E-state index in [9.17, 15) is 4.79 Å². The molecular formula is C15H13ClO2. The van der Waals surface area contributed by atoms with Crippen LogP contribution in [0.1, 0.15) is 46.9 Å². The molecular weight excluding hydrogens is 248 g/mol. The van der Waals surface area contributed by atoms with Crippen molar-refractivity contribution in [3.05, 3.63) is 58.5 Å². The van der Waals surface area contributed by atoms with Gasteiger partial charge < -0.3 is 4.42 Å². The zero-order valence-corrected chi connectivity index (χ0v) is 10.6. The van der Waals surface area contributed by atoms with Crippen molar-refractivity contribution in [2.75, 3.05) is 0 Å². The molecule has 3 heteroatoms. The minimum Gasteiger partial charge on any atom is -0.441 e. The highest BCUT2D eigenvalue weighted by Gasteiger charge is 2.20. The Morgan fingerprint density at radius 1 is 1.11 bits per heavy atom. The lowest BCUT2D eigenvalue weighted by atomic mass is 9.80. The van der Waals surface area contributed by atoms with Gasteiger partial charge in [0.15, 0.2) is 11.0 Å². The highest BCUT2D eigenvalue weighted by atomic mass is 35.5. The summed E-state index contributed by atoms with van der Waals surface area (Å²) in [6.07, 6.45) is 3.85. The Balaban J connectivity index is 1.81. The normalized spacial score (nSPS) is 15.4. The highest BCUT2D eigenvalue weighted by molar-refractivity contribution is 6.29. The van der Waals surface area contributed by atoms with Crippen LogP contribution in [-0.2, 0) is 0 Å². The van der Waals surface area contributed by atoms with E-state index in [0.29, 0.717) is 11.5 Å². The van der Waals surface area contributed by atoms with Crippen molar-refractivity contribution in [2.24, 2.45) is 0 Å². The molecule has 18 heavy (non-hydrogen) atoms. The second kappa shape index (κ2) is 4.62. The maximum absolute atomic E-state index is 12.1. The van der Waals surface area contributed by atoms with Crippen molar-refractivity contribution < 1.29 is 9.21 Å². The molecule has 3 rings (SSSR count). The van der Waals surface area contributed by atoms with Crippen molar-refractivity contribution in [3.8, 4) is 0 Å². The van der Waals surface area contributed by atoms with Gasteiger partial charge in [0.25, 0.3) is 0 Å². The average molecular weight is 261 g/mol. The molecule has 0 aliphatic heterocycles. The minimum absolute atomic E-state index is 0.123. The number of hydrogen-bond donors (Lipinski definition) is 0. The first-order valence-electron chi connectivity index (χ1n) is 6.14. The van der Waals surface area contributed by atoms with Gasteiger partial charge in [-0.3, -0.25) is 4.79 Å². The van der Waals surface area contributed by atoms with Crippen LogP contribution in [0.5, 0.6) is 0 Å². The lowest BCUT2D eigenvalue weighted by Gasteiger charge is -2.25. The van der Waals surface area contributed by atoms with Gasteiger partial charge in [0, 0.05) is 5.56 Å². The zero-order valence-electron chi connectivity index (χ0n) is 9.86. The number of carbonyl (C=O) groups excluding carboxylic acids is 1. The maximum atomic E-state index is 12.1. The molecule has 0 unspecified atom stereocenters. The van der Waals surface area contributed by atoms with E-state index in [1.807, 2.05) is 24.3 Å². The highest BCUT2D eigenvalue weighted by Crippen LogP contribution is 2.36. The second-order valence-electron chi connectivity index (χ2n) is 4.68. The largest absolute Gasteiger partial charge is 0.441 e. The summed E-state index contributed by atoms with van der Waals surface area (Å²) in [7, 11) is 0. The fourth-order valence-electron chi connectivity index (χ4n) is 2.23. The molecule has 0 spiro atoms. The van der Waals surface area contributed by atoms with Gasteiger partial charge in [0.2, 0.25) is 5.78 Å². The summed E-state index contributed by atoms with van der Waals surface area (Å²) < 4.78 is 5.13. The Bertz CT molecular complexity index is 564. The predicted octanol–water partition coefficient (Wildman–Crippen LogP) is 4.43. The van der Waals surface area contributed by atoms with Crippen LogP contribution < -0.4 is 0 Å². The fraction of sp³-hybridized carbons (Fsp3) is 0.267. The molecule has 92 valence electrons. The molecule has 1 fully saturated rings. The van der Waals surface area contributed by atoms with Gasteiger partial charge in [-0.1, -0.05) is 30.7 Å². The second-order valence-corrected chi connectivity index (χ2v) is 5.06. The fourth-order valence-corrected chi connectivity index (χ4v) is 2.37. The van der Waals surface area contributed by atoms with Crippen LogP contribution in [-0.4, -0.2) is 5.78 Å². The molecule has 0 amide bonds. The summed E-state index contributed by atoms with van der Waals surface area (Å²) in [5.41, 5.74) is 1.97. The Morgan fingerprint density at radius 3 is 2.33 bits per heavy atom. The first-order chi connectivity index (χ1) is 8.74. The lowest BCUT2D eigenvalue weighted by molar-refractivity contribution is 0.101. The number of furan rings is 1. The molecule has 2 aromatic rings. The Hall–Kier alpha value is -1.54. The molecule has 0 atom stereocenters. The van der Waals surface area contributed by atoms with Crippen LogP contribution in [0.25, 0.3) is 0 Å². The molecule has 1 aliphatic carbocycles. The molecule has 0 radical (unpaired) electrons. The third-order valence-electron chi connectivity index (χ3n) is 3.55. The molecule has 1 heterocycles. The van der Waals surface area contributed by atoms with Crippen molar-refractivity contribution in [2.45, 2.75) is 25.2 Å². The monoisotopic (exact) mass is 260 g/mol. The number of hydrogen-bond acceptors (Lipinski definition) is 2. The van der Waals surface area contributed by atoms with Gasteiger partial charge in [0.1, 0.15) is 0 Å². The quantitative estimate of drug-likeness (QED) is 0.764. The van der Waals surface area contributed by atoms with Crippen molar-refractivity contribution in [1.82, 2.24) is 0 Å². The third-order valence-corrected chi connectivity index (χ3v) is 3.75. The van der Waals surface area contributed by atoms with Crippen LogP contribution in [0.4, 0.5) is 0 Å².